The summed E-state index contributed by atoms with van der Waals surface area (Å²) in [7, 11) is 0. The van der Waals surface area contributed by atoms with Gasteiger partial charge in [-0.2, -0.15) is 0 Å². The lowest BCUT2D eigenvalue weighted by molar-refractivity contribution is -0.118. The van der Waals surface area contributed by atoms with Crippen LogP contribution in [-0.2, 0) is 11.2 Å². The van der Waals surface area contributed by atoms with Crippen LogP contribution in [-0.4, -0.2) is 34.9 Å². The number of carbonyl (C=O) groups excluding carboxylic acids is 1. The Morgan fingerprint density at radius 3 is 2.25 bits per heavy atom. The van der Waals surface area contributed by atoms with Crippen molar-refractivity contribution in [1.29, 1.82) is 0 Å². The Kier molecular flexibility index (Phi) is 15.1. The molecule has 0 heterocycles. The van der Waals surface area contributed by atoms with Gasteiger partial charge in [0.05, 0.1) is 12.7 Å². The molecule has 3 N–H and O–H groups in total. The largest absolute Gasteiger partial charge is 0.394 e. The Hall–Kier alpha value is -2.95. The zero-order chi connectivity index (χ0) is 26.9. The maximum Gasteiger partial charge on any atom is 0.247 e. The van der Waals surface area contributed by atoms with Gasteiger partial charge >= 0.3 is 0 Å². The van der Waals surface area contributed by atoms with Crippen molar-refractivity contribution in [3.63, 3.8) is 0 Å². The summed E-state index contributed by atoms with van der Waals surface area (Å²) in [6.45, 7) is 11.7. The van der Waals surface area contributed by atoms with E-state index < -0.39 is 6.10 Å². The summed E-state index contributed by atoms with van der Waals surface area (Å²) in [6, 6.07) is 10.3. The molecule has 0 saturated carbocycles. The van der Waals surface area contributed by atoms with Gasteiger partial charge in [-0.3, -0.25) is 4.79 Å². The van der Waals surface area contributed by atoms with Gasteiger partial charge in [0.1, 0.15) is 0 Å². The van der Waals surface area contributed by atoms with Crippen molar-refractivity contribution in [2.24, 2.45) is 11.8 Å². The third kappa shape index (κ3) is 13.2. The van der Waals surface area contributed by atoms with Crippen molar-refractivity contribution >= 4 is 5.91 Å². The predicted molar refractivity (Wildman–Crippen MR) is 152 cm³/mol. The number of benzene rings is 1. The summed E-state index contributed by atoms with van der Waals surface area (Å²) in [5, 5.41) is 22.5. The van der Waals surface area contributed by atoms with Crippen LogP contribution in [0.4, 0.5) is 0 Å². The lowest BCUT2D eigenvalue weighted by Gasteiger charge is -2.19. The van der Waals surface area contributed by atoms with Gasteiger partial charge in [0, 0.05) is 17.5 Å². The molecule has 0 saturated heterocycles. The molecular formula is C32H45NO3. The van der Waals surface area contributed by atoms with E-state index in [0.717, 1.165) is 24.0 Å². The van der Waals surface area contributed by atoms with Gasteiger partial charge in [-0.1, -0.05) is 104 Å². The molecule has 1 aromatic rings. The zero-order valence-corrected chi connectivity index (χ0v) is 22.8. The van der Waals surface area contributed by atoms with E-state index in [4.69, 9.17) is 5.11 Å². The number of aliphatic hydroxyl groups excluding tert-OH is 2. The average Bonchev–Trinajstić information content (AvgIpc) is 2.86. The minimum absolute atomic E-state index is 0.0175. The number of rotatable bonds is 14. The Morgan fingerprint density at radius 2 is 1.58 bits per heavy atom. The summed E-state index contributed by atoms with van der Waals surface area (Å²) >= 11 is 0. The number of aliphatic hydroxyl groups is 2. The molecule has 0 spiro atoms. The Bertz CT molecular complexity index is 966. The summed E-state index contributed by atoms with van der Waals surface area (Å²) in [6.07, 6.45) is 19.1. The fourth-order valence-corrected chi connectivity index (χ4v) is 3.70. The monoisotopic (exact) mass is 491 g/mol. The second kappa shape index (κ2) is 17.5. The van der Waals surface area contributed by atoms with E-state index in [2.05, 4.69) is 48.7 Å². The van der Waals surface area contributed by atoms with Gasteiger partial charge in [-0.05, 0) is 57.6 Å². The topological polar surface area (TPSA) is 69.6 Å². The molecule has 1 amide bonds. The molecule has 0 aliphatic carbocycles. The van der Waals surface area contributed by atoms with Crippen LogP contribution in [0.3, 0.4) is 0 Å². The van der Waals surface area contributed by atoms with Gasteiger partial charge in [0.2, 0.25) is 5.91 Å². The number of hydrogen-bond acceptors (Lipinski definition) is 3. The van der Waals surface area contributed by atoms with Crippen LogP contribution in [0.15, 0.2) is 102 Å². The van der Waals surface area contributed by atoms with Gasteiger partial charge in [0.15, 0.2) is 0 Å². The first kappa shape index (κ1) is 31.1. The van der Waals surface area contributed by atoms with Gasteiger partial charge in [0.25, 0.3) is 0 Å². The SMILES string of the molecule is CC(/C=C/C=C/C=C/C=C(\C)C(=O)N[C@@H](C)CO)=C\[C@@H](C)[C@H](O)/C(C)=C/[C@@H](C)CCc1ccccc1. The Morgan fingerprint density at radius 1 is 0.944 bits per heavy atom. The molecule has 0 unspecified atom stereocenters. The first-order chi connectivity index (χ1) is 17.1. The first-order valence-corrected chi connectivity index (χ1v) is 12.8. The third-order valence-electron chi connectivity index (χ3n) is 5.93. The molecule has 196 valence electrons. The molecule has 36 heavy (non-hydrogen) atoms. The van der Waals surface area contributed by atoms with E-state index in [0.29, 0.717) is 11.5 Å². The molecule has 0 fully saturated rings. The highest BCUT2D eigenvalue weighted by Gasteiger charge is 2.14. The minimum atomic E-state index is -0.501. The number of carbonyl (C=O) groups is 1. The molecule has 0 bridgehead atoms. The third-order valence-corrected chi connectivity index (χ3v) is 5.93. The summed E-state index contributed by atoms with van der Waals surface area (Å²) in [5.74, 6) is 0.241. The molecule has 0 radical (unpaired) electrons. The van der Waals surface area contributed by atoms with Crippen LogP contribution in [0.5, 0.6) is 0 Å². The summed E-state index contributed by atoms with van der Waals surface area (Å²) in [4.78, 5) is 11.9. The lowest BCUT2D eigenvalue weighted by atomic mass is 9.92. The zero-order valence-electron chi connectivity index (χ0n) is 22.8. The van der Waals surface area contributed by atoms with Gasteiger partial charge < -0.3 is 15.5 Å². The standard InChI is InChI=1S/C32H45NO3/c1-24(15-11-8-7-9-12-16-26(3)32(36)33-29(6)23-34)21-27(4)31(35)28(5)22-25(2)19-20-30-17-13-10-14-18-30/h7-18,21-22,25,27,29,31,34-35H,19-20,23H2,1-6H3,(H,33,36)/b8-7+,12-9+,15-11+,24-21+,26-16+,28-22+/t25-,27+,29-,31-/m0/s1. The van der Waals surface area contributed by atoms with Crippen LogP contribution >= 0.6 is 0 Å². The van der Waals surface area contributed by atoms with Crippen molar-refractivity contribution in [2.45, 2.75) is 66.5 Å². The fourth-order valence-electron chi connectivity index (χ4n) is 3.70. The van der Waals surface area contributed by atoms with Crippen LogP contribution < -0.4 is 5.32 Å². The second-order valence-corrected chi connectivity index (χ2v) is 9.66. The maximum atomic E-state index is 11.9. The minimum Gasteiger partial charge on any atom is -0.394 e. The van der Waals surface area contributed by atoms with Crippen LogP contribution in [0.1, 0.15) is 53.5 Å². The van der Waals surface area contributed by atoms with Gasteiger partial charge in [-0.15, -0.1) is 0 Å². The highest BCUT2D eigenvalue weighted by atomic mass is 16.3. The lowest BCUT2D eigenvalue weighted by Crippen LogP contribution is -2.35. The molecule has 4 atom stereocenters. The van der Waals surface area contributed by atoms with Gasteiger partial charge in [-0.25, -0.2) is 0 Å². The molecule has 4 nitrogen and oxygen atoms in total. The maximum absolute atomic E-state index is 11.9. The Balaban J connectivity index is 2.53. The smallest absolute Gasteiger partial charge is 0.247 e. The number of amides is 1. The molecule has 1 aromatic carbocycles. The van der Waals surface area contributed by atoms with E-state index in [1.54, 1.807) is 26.0 Å². The van der Waals surface area contributed by atoms with Crippen LogP contribution in [0, 0.1) is 11.8 Å². The normalized spacial score (nSPS) is 17.1. The van der Waals surface area contributed by atoms with E-state index in [1.165, 1.54) is 5.56 Å². The molecular weight excluding hydrogens is 446 g/mol. The number of aryl methyl sites for hydroxylation is 1. The Labute approximate surface area is 218 Å². The molecule has 1 rings (SSSR count). The number of allylic oxidation sites excluding steroid dienone is 9. The highest BCUT2D eigenvalue weighted by molar-refractivity contribution is 5.93. The second-order valence-electron chi connectivity index (χ2n) is 9.66. The molecule has 0 aliphatic heterocycles. The van der Waals surface area contributed by atoms with E-state index in [1.807, 2.05) is 57.2 Å². The number of nitrogens with one attached hydrogen (secondary N) is 1. The van der Waals surface area contributed by atoms with E-state index >= 15 is 0 Å². The van der Waals surface area contributed by atoms with E-state index in [-0.39, 0.29) is 24.5 Å². The average molecular weight is 492 g/mol. The highest BCUT2D eigenvalue weighted by Crippen LogP contribution is 2.19. The van der Waals surface area contributed by atoms with Crippen molar-refractivity contribution in [3.8, 4) is 0 Å². The predicted octanol–water partition coefficient (Wildman–Crippen LogP) is 6.26. The first-order valence-electron chi connectivity index (χ1n) is 12.8. The summed E-state index contributed by atoms with van der Waals surface area (Å²) < 4.78 is 0. The van der Waals surface area contributed by atoms with Crippen molar-refractivity contribution in [2.75, 3.05) is 6.61 Å². The number of hydrogen-bond donors (Lipinski definition) is 3. The van der Waals surface area contributed by atoms with Crippen molar-refractivity contribution in [3.05, 3.63) is 107 Å². The van der Waals surface area contributed by atoms with Crippen molar-refractivity contribution < 1.29 is 15.0 Å². The molecule has 0 aromatic heterocycles. The molecule has 0 aliphatic rings. The van der Waals surface area contributed by atoms with Crippen molar-refractivity contribution in [1.82, 2.24) is 5.32 Å². The molecule has 4 heteroatoms. The van der Waals surface area contributed by atoms with Crippen LogP contribution in [0.25, 0.3) is 0 Å². The fraction of sp³-hybridized carbons (Fsp3) is 0.406. The van der Waals surface area contributed by atoms with Crippen LogP contribution in [0.2, 0.25) is 0 Å². The quantitative estimate of drug-likeness (QED) is 0.163. The summed E-state index contributed by atoms with van der Waals surface area (Å²) in [5.41, 5.74) is 4.04. The van der Waals surface area contributed by atoms with E-state index in [9.17, 15) is 9.90 Å².